The Hall–Kier alpha value is -0.620. The van der Waals surface area contributed by atoms with Gasteiger partial charge in [0, 0.05) is 0 Å². The number of hydrogen-bond acceptors (Lipinski definition) is 4. The molecule has 0 amide bonds. The number of rotatable bonds is 7. The summed E-state index contributed by atoms with van der Waals surface area (Å²) in [5, 5.41) is 21.0. The van der Waals surface area contributed by atoms with Crippen LogP contribution in [0.15, 0.2) is 70.9 Å². The number of hydrogen-bond donors (Lipinski definition) is 0. The van der Waals surface area contributed by atoms with Crippen molar-refractivity contribution in [3.8, 4) is 0 Å². The first-order chi connectivity index (χ1) is 10.2. The molecule has 0 aliphatic heterocycles. The van der Waals surface area contributed by atoms with Crippen molar-refractivity contribution in [1.82, 2.24) is 0 Å². The Bertz CT molecular complexity index is 607. The summed E-state index contributed by atoms with van der Waals surface area (Å²) >= 11 is 0. The Balaban J connectivity index is -0.00000220. The molecule has 24 heavy (non-hydrogen) atoms. The standard InChI is InChI=1S/C18H22O4.2Na/c1-13(10-7-11-15(3)17(19)20)8-5-6-9-14(2)12-16(4)18(21)22;;/h5-12H,1-4H3,(H,19,20)(H,21,22);;/q;2*+1/p-2/b6-5+,10-7+,13-8+,14-9+,15-11+,16-12+;;. The maximum atomic E-state index is 10.6. The fourth-order valence-corrected chi connectivity index (χ4v) is 1.33. The van der Waals surface area contributed by atoms with Crippen LogP contribution in [0.5, 0.6) is 0 Å². The van der Waals surface area contributed by atoms with E-state index in [0.717, 1.165) is 11.1 Å². The Morgan fingerprint density at radius 1 is 0.667 bits per heavy atom. The minimum atomic E-state index is -1.19. The number of carboxylic acid groups (broad SMARTS) is 2. The van der Waals surface area contributed by atoms with Gasteiger partial charge in [-0.15, -0.1) is 0 Å². The van der Waals surface area contributed by atoms with E-state index in [0.29, 0.717) is 0 Å². The van der Waals surface area contributed by atoms with Crippen LogP contribution in [0, 0.1) is 0 Å². The third-order valence-electron chi connectivity index (χ3n) is 2.62. The molecule has 0 saturated carbocycles. The van der Waals surface area contributed by atoms with Crippen LogP contribution in [0.1, 0.15) is 27.7 Å². The third kappa shape index (κ3) is 14.9. The summed E-state index contributed by atoms with van der Waals surface area (Å²) in [5.74, 6) is -2.37. The van der Waals surface area contributed by atoms with Gasteiger partial charge < -0.3 is 19.8 Å². The van der Waals surface area contributed by atoms with Crippen molar-refractivity contribution in [2.24, 2.45) is 0 Å². The molecule has 4 nitrogen and oxygen atoms in total. The monoisotopic (exact) mass is 346 g/mol. The molecule has 0 heterocycles. The minimum Gasteiger partial charge on any atom is -0.545 e. The molecule has 0 aliphatic rings. The second kappa shape index (κ2) is 15.9. The molecule has 118 valence electrons. The zero-order valence-corrected chi connectivity index (χ0v) is 19.3. The first kappa shape index (κ1) is 28.2. The Labute approximate surface area is 188 Å². The predicted molar refractivity (Wildman–Crippen MR) is 83.3 cm³/mol. The van der Waals surface area contributed by atoms with Crippen LogP contribution in [-0.2, 0) is 9.59 Å². The fourth-order valence-electron chi connectivity index (χ4n) is 1.33. The molecular formula is C18H20Na2O4. The number of allylic oxidation sites excluding steroid dienone is 10. The van der Waals surface area contributed by atoms with Gasteiger partial charge >= 0.3 is 59.1 Å². The summed E-state index contributed by atoms with van der Waals surface area (Å²) in [4.78, 5) is 21.0. The summed E-state index contributed by atoms with van der Waals surface area (Å²) in [6.45, 7) is 6.61. The van der Waals surface area contributed by atoms with Crippen LogP contribution < -0.4 is 69.3 Å². The topological polar surface area (TPSA) is 80.3 Å². The number of carbonyl (C=O) groups excluding carboxylic acids is 2. The van der Waals surface area contributed by atoms with Crippen molar-refractivity contribution < 1.29 is 78.9 Å². The SMILES string of the molecule is CC(/C=C/C=C(\C)C(=O)[O-])=C\C=C\C=C(C)\C=C(/C)C(=O)[O-].[Na+].[Na+]. The number of aliphatic carboxylic acids is 2. The van der Waals surface area contributed by atoms with Crippen LogP contribution >= 0.6 is 0 Å². The van der Waals surface area contributed by atoms with Gasteiger partial charge in [0.15, 0.2) is 0 Å². The van der Waals surface area contributed by atoms with E-state index in [2.05, 4.69) is 0 Å². The van der Waals surface area contributed by atoms with Gasteiger partial charge in [-0.25, -0.2) is 0 Å². The molecular weight excluding hydrogens is 326 g/mol. The van der Waals surface area contributed by atoms with Crippen LogP contribution in [0.2, 0.25) is 0 Å². The smallest absolute Gasteiger partial charge is 0.545 e. The van der Waals surface area contributed by atoms with Crippen LogP contribution in [-0.4, -0.2) is 11.9 Å². The first-order valence-electron chi connectivity index (χ1n) is 6.72. The predicted octanol–water partition coefficient (Wildman–Crippen LogP) is -4.61. The molecule has 0 aromatic rings. The van der Waals surface area contributed by atoms with E-state index in [1.54, 1.807) is 37.3 Å². The van der Waals surface area contributed by atoms with Crippen molar-refractivity contribution in [2.45, 2.75) is 27.7 Å². The molecule has 0 atom stereocenters. The van der Waals surface area contributed by atoms with Crippen LogP contribution in [0.3, 0.4) is 0 Å². The van der Waals surface area contributed by atoms with E-state index in [9.17, 15) is 19.8 Å². The molecule has 0 saturated heterocycles. The van der Waals surface area contributed by atoms with E-state index in [1.165, 1.54) is 26.0 Å². The quantitative estimate of drug-likeness (QED) is 0.264. The molecule has 0 fully saturated rings. The first-order valence-corrected chi connectivity index (χ1v) is 6.72. The van der Waals surface area contributed by atoms with E-state index >= 15 is 0 Å². The summed E-state index contributed by atoms with van der Waals surface area (Å²) < 4.78 is 0. The minimum absolute atomic E-state index is 0. The Kier molecular flexibility index (Phi) is 18.7. The average molecular weight is 346 g/mol. The second-order valence-electron chi connectivity index (χ2n) is 4.82. The average Bonchev–Trinajstić information content (AvgIpc) is 2.43. The van der Waals surface area contributed by atoms with Crippen molar-refractivity contribution in [3.05, 3.63) is 70.9 Å². The van der Waals surface area contributed by atoms with Gasteiger partial charge in [-0.2, -0.15) is 0 Å². The van der Waals surface area contributed by atoms with Gasteiger partial charge in [0.1, 0.15) is 0 Å². The zero-order valence-electron chi connectivity index (χ0n) is 15.3. The Morgan fingerprint density at radius 2 is 1.12 bits per heavy atom. The molecule has 0 N–H and O–H groups in total. The molecule has 0 aromatic carbocycles. The Morgan fingerprint density at radius 3 is 1.58 bits per heavy atom. The van der Waals surface area contributed by atoms with E-state index in [-0.39, 0.29) is 70.3 Å². The van der Waals surface area contributed by atoms with Gasteiger partial charge in [-0.1, -0.05) is 59.8 Å². The normalized spacial score (nSPS) is 13.7. The molecule has 0 unspecified atom stereocenters. The van der Waals surface area contributed by atoms with Crippen molar-refractivity contribution in [2.75, 3.05) is 0 Å². The van der Waals surface area contributed by atoms with Gasteiger partial charge in [-0.05, 0) is 38.8 Å². The molecule has 0 rings (SSSR count). The molecule has 0 bridgehead atoms. The summed E-state index contributed by atoms with van der Waals surface area (Å²) in [5.41, 5.74) is 2.07. The number of carbonyl (C=O) groups is 2. The summed E-state index contributed by atoms with van der Waals surface area (Å²) in [7, 11) is 0. The van der Waals surface area contributed by atoms with Crippen molar-refractivity contribution >= 4 is 11.9 Å². The van der Waals surface area contributed by atoms with E-state index in [1.807, 2.05) is 13.0 Å². The fraction of sp³-hybridized carbons (Fsp3) is 0.222. The largest absolute Gasteiger partial charge is 1.00 e. The van der Waals surface area contributed by atoms with E-state index in [4.69, 9.17) is 0 Å². The van der Waals surface area contributed by atoms with Crippen molar-refractivity contribution in [3.63, 3.8) is 0 Å². The van der Waals surface area contributed by atoms with Crippen molar-refractivity contribution in [1.29, 1.82) is 0 Å². The molecule has 0 spiro atoms. The van der Waals surface area contributed by atoms with Crippen LogP contribution in [0.25, 0.3) is 0 Å². The van der Waals surface area contributed by atoms with Crippen LogP contribution in [0.4, 0.5) is 0 Å². The second-order valence-corrected chi connectivity index (χ2v) is 4.82. The number of carboxylic acids is 2. The van der Waals surface area contributed by atoms with E-state index < -0.39 is 11.9 Å². The molecule has 0 aromatic heterocycles. The summed E-state index contributed by atoms with van der Waals surface area (Å²) in [6.07, 6.45) is 13.6. The third-order valence-corrected chi connectivity index (χ3v) is 2.62. The summed E-state index contributed by atoms with van der Waals surface area (Å²) in [6, 6.07) is 0. The molecule has 6 heteroatoms. The van der Waals surface area contributed by atoms with Gasteiger partial charge in [-0.3, -0.25) is 0 Å². The van der Waals surface area contributed by atoms with Gasteiger partial charge in [0.05, 0.1) is 11.9 Å². The molecule has 0 radical (unpaired) electrons. The molecule has 0 aliphatic carbocycles. The van der Waals surface area contributed by atoms with Gasteiger partial charge in [0.2, 0.25) is 0 Å². The maximum absolute atomic E-state index is 10.6. The maximum Gasteiger partial charge on any atom is 1.00 e. The zero-order chi connectivity index (χ0) is 17.1. The van der Waals surface area contributed by atoms with Gasteiger partial charge in [0.25, 0.3) is 0 Å².